The monoisotopic (exact) mass is 450 g/mol. The van der Waals surface area contributed by atoms with Crippen molar-refractivity contribution in [1.29, 1.82) is 0 Å². The van der Waals surface area contributed by atoms with Crippen molar-refractivity contribution >= 4 is 34.2 Å². The smallest absolute Gasteiger partial charge is 0.0133 e. The minimum absolute atomic E-state index is 0.213. The van der Waals surface area contributed by atoms with Gasteiger partial charge in [-0.3, -0.25) is 0 Å². The fraction of sp³-hybridized carbons (Fsp3) is 0.280. The Morgan fingerprint density at radius 3 is 2.69 bits per heavy atom. The third kappa shape index (κ3) is 2.47. The first-order chi connectivity index (χ1) is 12.5. The molecule has 5 rings (SSSR count). The molecular formula is C25H23I. The molecule has 0 aliphatic heterocycles. The summed E-state index contributed by atoms with van der Waals surface area (Å²) in [6.45, 7) is 4.85. The zero-order valence-electron chi connectivity index (χ0n) is 15.4. The van der Waals surface area contributed by atoms with Gasteiger partial charge < -0.3 is 0 Å². The number of fused-ring (bicyclic) bond motifs is 4. The third-order valence-electron chi connectivity index (χ3n) is 6.58. The first-order valence-corrected chi connectivity index (χ1v) is 10.6. The molecule has 0 spiro atoms. The highest BCUT2D eigenvalue weighted by molar-refractivity contribution is 14.1. The van der Waals surface area contributed by atoms with E-state index in [4.69, 9.17) is 0 Å². The van der Waals surface area contributed by atoms with Crippen LogP contribution in [-0.4, -0.2) is 0 Å². The van der Waals surface area contributed by atoms with Gasteiger partial charge in [0.05, 0.1) is 0 Å². The van der Waals surface area contributed by atoms with Gasteiger partial charge in [-0.05, 0) is 104 Å². The van der Waals surface area contributed by atoms with Crippen molar-refractivity contribution < 1.29 is 0 Å². The molecule has 2 aromatic carbocycles. The molecular weight excluding hydrogens is 427 g/mol. The molecule has 1 heteroatoms. The summed E-state index contributed by atoms with van der Waals surface area (Å²) in [5.74, 6) is 0.596. The molecule has 0 N–H and O–H groups in total. The summed E-state index contributed by atoms with van der Waals surface area (Å²) in [4.78, 5) is 0. The molecule has 3 aliphatic carbocycles. The van der Waals surface area contributed by atoms with Crippen molar-refractivity contribution in [2.24, 2.45) is 5.92 Å². The molecule has 0 aromatic heterocycles. The Bertz CT molecular complexity index is 1000. The average Bonchev–Trinajstić information content (AvgIpc) is 2.89. The van der Waals surface area contributed by atoms with Crippen LogP contribution in [0.3, 0.4) is 0 Å². The van der Waals surface area contributed by atoms with Gasteiger partial charge in [0.1, 0.15) is 0 Å². The van der Waals surface area contributed by atoms with Crippen LogP contribution in [0.4, 0.5) is 0 Å². The maximum atomic E-state index is 2.44. The van der Waals surface area contributed by atoms with Gasteiger partial charge in [0, 0.05) is 3.57 Å². The molecule has 0 nitrogen and oxygen atoms in total. The van der Waals surface area contributed by atoms with Crippen molar-refractivity contribution in [3.63, 3.8) is 0 Å². The van der Waals surface area contributed by atoms with E-state index in [9.17, 15) is 0 Å². The minimum atomic E-state index is 0.213. The molecule has 0 fully saturated rings. The molecule has 0 heterocycles. The van der Waals surface area contributed by atoms with E-state index in [1.807, 2.05) is 0 Å². The first-order valence-electron chi connectivity index (χ1n) is 9.54. The van der Waals surface area contributed by atoms with Crippen LogP contribution in [0, 0.1) is 9.49 Å². The van der Waals surface area contributed by atoms with Crippen LogP contribution in [0.1, 0.15) is 48.9 Å². The van der Waals surface area contributed by atoms with Gasteiger partial charge >= 0.3 is 0 Å². The second-order valence-electron chi connectivity index (χ2n) is 8.35. The normalized spacial score (nSPS) is 22.6. The summed E-state index contributed by atoms with van der Waals surface area (Å²) in [5, 5.41) is 0. The van der Waals surface area contributed by atoms with Crippen LogP contribution >= 0.6 is 22.6 Å². The second-order valence-corrected chi connectivity index (χ2v) is 9.60. The van der Waals surface area contributed by atoms with E-state index in [2.05, 4.69) is 97.1 Å². The second kappa shape index (κ2) is 5.95. The maximum Gasteiger partial charge on any atom is 0.0133 e. The van der Waals surface area contributed by atoms with Crippen molar-refractivity contribution in [2.75, 3.05) is 0 Å². The summed E-state index contributed by atoms with van der Waals surface area (Å²) in [6, 6.07) is 15.9. The van der Waals surface area contributed by atoms with Crippen LogP contribution in [0.5, 0.6) is 0 Å². The van der Waals surface area contributed by atoms with Crippen molar-refractivity contribution in [2.45, 2.75) is 38.5 Å². The molecule has 130 valence electrons. The van der Waals surface area contributed by atoms with E-state index < -0.39 is 0 Å². The minimum Gasteiger partial charge on any atom is -0.0619 e. The Morgan fingerprint density at radius 2 is 1.81 bits per heavy atom. The predicted molar refractivity (Wildman–Crippen MR) is 119 cm³/mol. The lowest BCUT2D eigenvalue weighted by molar-refractivity contribution is 0.409. The zero-order valence-corrected chi connectivity index (χ0v) is 17.5. The number of hydrogen-bond donors (Lipinski definition) is 0. The summed E-state index contributed by atoms with van der Waals surface area (Å²) in [6.07, 6.45) is 10.7. The van der Waals surface area contributed by atoms with Crippen molar-refractivity contribution in [1.82, 2.24) is 0 Å². The van der Waals surface area contributed by atoms with Gasteiger partial charge in [0.2, 0.25) is 0 Å². The maximum absolute atomic E-state index is 2.44. The first kappa shape index (κ1) is 16.6. The van der Waals surface area contributed by atoms with Crippen molar-refractivity contribution in [3.05, 3.63) is 91.6 Å². The molecule has 0 saturated carbocycles. The van der Waals surface area contributed by atoms with Crippen LogP contribution < -0.4 is 0 Å². The Morgan fingerprint density at radius 1 is 0.962 bits per heavy atom. The summed E-state index contributed by atoms with van der Waals surface area (Å²) in [7, 11) is 0. The zero-order chi connectivity index (χ0) is 17.9. The Balaban J connectivity index is 1.54. The number of benzene rings is 2. The molecule has 0 bridgehead atoms. The van der Waals surface area contributed by atoms with Crippen LogP contribution in [-0.2, 0) is 11.8 Å². The summed E-state index contributed by atoms with van der Waals surface area (Å²) in [5.41, 5.74) is 10.7. The average molecular weight is 450 g/mol. The van der Waals surface area contributed by atoms with E-state index in [1.54, 1.807) is 16.7 Å². The Labute approximate surface area is 169 Å². The molecule has 0 saturated heterocycles. The predicted octanol–water partition coefficient (Wildman–Crippen LogP) is 6.94. The Kier molecular flexibility index (Phi) is 3.79. The van der Waals surface area contributed by atoms with E-state index >= 15 is 0 Å². The lowest BCUT2D eigenvalue weighted by Gasteiger charge is -2.32. The molecule has 0 radical (unpaired) electrons. The quantitative estimate of drug-likeness (QED) is 0.413. The fourth-order valence-corrected chi connectivity index (χ4v) is 5.62. The van der Waals surface area contributed by atoms with Crippen LogP contribution in [0.25, 0.3) is 11.6 Å². The van der Waals surface area contributed by atoms with E-state index in [0.717, 1.165) is 0 Å². The van der Waals surface area contributed by atoms with Crippen molar-refractivity contribution in [3.8, 4) is 0 Å². The number of aryl methyl sites for hydroxylation is 1. The largest absolute Gasteiger partial charge is 0.0619 e. The highest BCUT2D eigenvalue weighted by Gasteiger charge is 2.43. The van der Waals surface area contributed by atoms with E-state index in [-0.39, 0.29) is 5.41 Å². The number of halogens is 1. The van der Waals surface area contributed by atoms with E-state index in [1.165, 1.54) is 45.1 Å². The topological polar surface area (TPSA) is 0 Å². The molecule has 26 heavy (non-hydrogen) atoms. The lowest BCUT2D eigenvalue weighted by atomic mass is 9.71. The molecule has 3 aliphatic rings. The number of hydrogen-bond acceptors (Lipinski definition) is 0. The van der Waals surface area contributed by atoms with Gasteiger partial charge in [0.25, 0.3) is 0 Å². The SMILES string of the molecule is CC1(C)c2ccccc2C2=CC=C(C3=Cc4ccc(I)cc4CC3)CC21. The molecule has 2 aromatic rings. The Hall–Kier alpha value is -1.61. The fourth-order valence-electron chi connectivity index (χ4n) is 5.06. The number of rotatable bonds is 1. The number of allylic oxidation sites excluding steroid dienone is 5. The highest BCUT2D eigenvalue weighted by Crippen LogP contribution is 2.54. The molecule has 1 atom stereocenters. The van der Waals surface area contributed by atoms with Gasteiger partial charge in [0.15, 0.2) is 0 Å². The highest BCUT2D eigenvalue weighted by atomic mass is 127. The van der Waals surface area contributed by atoms with Crippen LogP contribution in [0.2, 0.25) is 0 Å². The summed E-state index contributed by atoms with van der Waals surface area (Å²) < 4.78 is 1.34. The van der Waals surface area contributed by atoms with E-state index in [0.29, 0.717) is 5.92 Å². The lowest BCUT2D eigenvalue weighted by Crippen LogP contribution is -2.25. The van der Waals surface area contributed by atoms with Gasteiger partial charge in [-0.25, -0.2) is 0 Å². The van der Waals surface area contributed by atoms with Gasteiger partial charge in [-0.1, -0.05) is 62.4 Å². The molecule has 1 unspecified atom stereocenters. The summed E-state index contributed by atoms with van der Waals surface area (Å²) >= 11 is 2.42. The third-order valence-corrected chi connectivity index (χ3v) is 7.25. The van der Waals surface area contributed by atoms with Crippen LogP contribution in [0.15, 0.2) is 65.8 Å². The van der Waals surface area contributed by atoms with Gasteiger partial charge in [-0.2, -0.15) is 0 Å². The standard InChI is InChI=1S/C25H23I/c1-25(2)23-6-4-3-5-21(23)22-12-10-19(15-24(22)25)16-7-8-18-14-20(26)11-9-17(18)13-16/h3-6,9-14,24H,7-8,15H2,1-2H3. The van der Waals surface area contributed by atoms with Gasteiger partial charge in [-0.15, -0.1) is 0 Å². The molecule has 0 amide bonds.